The molecule has 1 rings (SSSR count). The van der Waals surface area contributed by atoms with Crippen molar-refractivity contribution in [3.8, 4) is 0 Å². The van der Waals surface area contributed by atoms with Gasteiger partial charge in [-0.05, 0) is 45.7 Å². The molecule has 1 N–H and O–H groups in total. The molecule has 1 unspecified atom stereocenters. The second kappa shape index (κ2) is 7.13. The second-order valence-electron chi connectivity index (χ2n) is 4.25. The van der Waals surface area contributed by atoms with E-state index in [1.165, 1.54) is 29.2 Å². The van der Waals surface area contributed by atoms with E-state index in [9.17, 15) is 0 Å². The first-order chi connectivity index (χ1) is 7.72. The number of hydrogen-bond acceptors (Lipinski definition) is 3. The van der Waals surface area contributed by atoms with Gasteiger partial charge in [0.15, 0.2) is 0 Å². The Hall–Kier alpha value is -0.280. The van der Waals surface area contributed by atoms with Gasteiger partial charge in [0.2, 0.25) is 0 Å². The average Bonchev–Trinajstić information content (AvgIpc) is 2.30. The van der Waals surface area contributed by atoms with Crippen LogP contribution in [0.2, 0.25) is 0 Å². The first kappa shape index (κ1) is 13.8. The van der Waals surface area contributed by atoms with Gasteiger partial charge in [0.25, 0.3) is 0 Å². The summed E-state index contributed by atoms with van der Waals surface area (Å²) in [6.07, 6.45) is 3.54. The highest BCUT2D eigenvalue weighted by Crippen LogP contribution is 2.30. The Morgan fingerprint density at radius 2 is 2.19 bits per heavy atom. The lowest BCUT2D eigenvalue weighted by Gasteiger charge is -2.22. The number of thioether (sulfide) groups is 1. The molecule has 0 fully saturated rings. The van der Waals surface area contributed by atoms with Crippen LogP contribution in [0.15, 0.2) is 15.6 Å². The number of rotatable bonds is 6. The fourth-order valence-corrected chi connectivity index (χ4v) is 3.15. The number of aliphatic imine (C=N–C) groups is 1. The monoisotopic (exact) mass is 240 g/mol. The highest BCUT2D eigenvalue weighted by Gasteiger charge is 2.18. The van der Waals surface area contributed by atoms with Gasteiger partial charge < -0.3 is 5.32 Å². The van der Waals surface area contributed by atoms with Crippen molar-refractivity contribution in [2.45, 2.75) is 40.0 Å². The first-order valence-corrected chi connectivity index (χ1v) is 7.26. The smallest absolute Gasteiger partial charge is 0.0467 e. The summed E-state index contributed by atoms with van der Waals surface area (Å²) >= 11 is 1.98. The minimum absolute atomic E-state index is 0.660. The lowest BCUT2D eigenvalue weighted by molar-refractivity contribution is 0.578. The van der Waals surface area contributed by atoms with Crippen molar-refractivity contribution in [2.24, 2.45) is 10.9 Å². The maximum absolute atomic E-state index is 4.81. The Kier molecular flexibility index (Phi) is 6.14. The molecule has 1 heterocycles. The SMILES string of the molecule is CCC1=C(C)N=C(C(CC)CCNC)CS1. The molecular weight excluding hydrogens is 216 g/mol. The van der Waals surface area contributed by atoms with E-state index >= 15 is 0 Å². The molecule has 2 nitrogen and oxygen atoms in total. The fourth-order valence-electron chi connectivity index (χ4n) is 2.07. The number of allylic oxidation sites excluding steroid dienone is 2. The molecule has 0 bridgehead atoms. The molecular formula is C13H24N2S. The summed E-state index contributed by atoms with van der Waals surface area (Å²) in [5, 5.41) is 3.23. The molecule has 1 aliphatic rings. The predicted molar refractivity (Wildman–Crippen MR) is 75.2 cm³/mol. The van der Waals surface area contributed by atoms with Crippen molar-refractivity contribution in [3.05, 3.63) is 10.6 Å². The molecule has 16 heavy (non-hydrogen) atoms. The van der Waals surface area contributed by atoms with E-state index in [2.05, 4.69) is 26.1 Å². The number of nitrogens with one attached hydrogen (secondary N) is 1. The maximum atomic E-state index is 4.81. The largest absolute Gasteiger partial charge is 0.320 e. The van der Waals surface area contributed by atoms with Gasteiger partial charge >= 0.3 is 0 Å². The van der Waals surface area contributed by atoms with E-state index in [1.807, 2.05) is 18.8 Å². The Labute approximate surface area is 104 Å². The van der Waals surface area contributed by atoms with Crippen LogP contribution in [0.25, 0.3) is 0 Å². The Bertz CT molecular complexity index is 282. The van der Waals surface area contributed by atoms with Gasteiger partial charge in [-0.25, -0.2) is 0 Å². The van der Waals surface area contributed by atoms with Crippen LogP contribution in [0.1, 0.15) is 40.0 Å². The molecule has 0 aromatic heterocycles. The normalized spacial score (nSPS) is 18.6. The summed E-state index contributed by atoms with van der Waals surface area (Å²) in [7, 11) is 2.02. The molecule has 0 aliphatic carbocycles. The molecule has 0 aromatic rings. The molecule has 1 atom stereocenters. The average molecular weight is 240 g/mol. The van der Waals surface area contributed by atoms with Crippen molar-refractivity contribution in [3.63, 3.8) is 0 Å². The van der Waals surface area contributed by atoms with Crippen molar-refractivity contribution in [1.29, 1.82) is 0 Å². The summed E-state index contributed by atoms with van der Waals surface area (Å²) in [5.74, 6) is 1.76. The van der Waals surface area contributed by atoms with Gasteiger partial charge in [0.1, 0.15) is 0 Å². The van der Waals surface area contributed by atoms with Crippen molar-refractivity contribution >= 4 is 17.5 Å². The molecule has 0 spiro atoms. The maximum Gasteiger partial charge on any atom is 0.0467 e. The van der Waals surface area contributed by atoms with E-state index in [0.717, 1.165) is 18.7 Å². The van der Waals surface area contributed by atoms with Crippen LogP contribution >= 0.6 is 11.8 Å². The zero-order chi connectivity index (χ0) is 12.0. The zero-order valence-corrected chi connectivity index (χ0v) is 11.8. The van der Waals surface area contributed by atoms with Crippen LogP contribution in [0.4, 0.5) is 0 Å². The third-order valence-electron chi connectivity index (χ3n) is 3.14. The second-order valence-corrected chi connectivity index (χ2v) is 5.32. The van der Waals surface area contributed by atoms with Crippen LogP contribution in [0, 0.1) is 5.92 Å². The van der Waals surface area contributed by atoms with Gasteiger partial charge in [-0.1, -0.05) is 13.8 Å². The highest BCUT2D eigenvalue weighted by molar-refractivity contribution is 8.03. The number of nitrogens with zero attached hydrogens (tertiary/aromatic N) is 1. The summed E-state index contributed by atoms with van der Waals surface area (Å²) < 4.78 is 0. The molecule has 3 heteroatoms. The standard InChI is InChI=1S/C13H24N2S/c1-5-11(7-8-14-4)12-9-16-13(6-2)10(3)15-12/h11,14H,5-9H2,1-4H3. The molecule has 92 valence electrons. The fraction of sp³-hybridized carbons (Fsp3) is 0.769. The topological polar surface area (TPSA) is 24.4 Å². The Balaban J connectivity index is 2.69. The lowest BCUT2D eigenvalue weighted by atomic mass is 9.97. The van der Waals surface area contributed by atoms with Crippen molar-refractivity contribution in [2.75, 3.05) is 19.3 Å². The third-order valence-corrected chi connectivity index (χ3v) is 4.51. The summed E-state index contributed by atoms with van der Waals surface area (Å²) in [4.78, 5) is 6.27. The molecule has 0 amide bonds. The van der Waals surface area contributed by atoms with Crippen LogP contribution in [-0.2, 0) is 0 Å². The zero-order valence-electron chi connectivity index (χ0n) is 11.0. The van der Waals surface area contributed by atoms with Gasteiger partial charge in [0.05, 0.1) is 0 Å². The van der Waals surface area contributed by atoms with Gasteiger partial charge in [0, 0.05) is 22.1 Å². The summed E-state index contributed by atoms with van der Waals surface area (Å²) in [6, 6.07) is 0. The van der Waals surface area contributed by atoms with Gasteiger partial charge in [-0.15, -0.1) is 11.8 Å². The van der Waals surface area contributed by atoms with Crippen LogP contribution in [0.3, 0.4) is 0 Å². The molecule has 1 aliphatic heterocycles. The first-order valence-electron chi connectivity index (χ1n) is 6.27. The summed E-state index contributed by atoms with van der Waals surface area (Å²) in [6.45, 7) is 7.72. The van der Waals surface area contributed by atoms with Crippen molar-refractivity contribution in [1.82, 2.24) is 5.32 Å². The van der Waals surface area contributed by atoms with E-state index in [1.54, 1.807) is 0 Å². The Morgan fingerprint density at radius 3 is 2.69 bits per heavy atom. The Morgan fingerprint density at radius 1 is 1.44 bits per heavy atom. The van der Waals surface area contributed by atoms with Crippen molar-refractivity contribution < 1.29 is 0 Å². The van der Waals surface area contributed by atoms with Gasteiger partial charge in [-0.3, -0.25) is 4.99 Å². The number of hydrogen-bond donors (Lipinski definition) is 1. The minimum Gasteiger partial charge on any atom is -0.320 e. The van der Waals surface area contributed by atoms with E-state index in [0.29, 0.717) is 5.92 Å². The van der Waals surface area contributed by atoms with Gasteiger partial charge in [-0.2, -0.15) is 0 Å². The van der Waals surface area contributed by atoms with Crippen LogP contribution in [-0.4, -0.2) is 25.1 Å². The van der Waals surface area contributed by atoms with E-state index in [-0.39, 0.29) is 0 Å². The van der Waals surface area contributed by atoms with Crippen LogP contribution < -0.4 is 5.32 Å². The lowest BCUT2D eigenvalue weighted by Crippen LogP contribution is -2.23. The van der Waals surface area contributed by atoms with E-state index < -0.39 is 0 Å². The van der Waals surface area contributed by atoms with E-state index in [4.69, 9.17) is 4.99 Å². The highest BCUT2D eigenvalue weighted by atomic mass is 32.2. The molecule has 0 saturated heterocycles. The van der Waals surface area contributed by atoms with Crippen LogP contribution in [0.5, 0.6) is 0 Å². The predicted octanol–water partition coefficient (Wildman–Crippen LogP) is 3.45. The molecule has 0 saturated carbocycles. The third kappa shape index (κ3) is 3.63. The molecule has 0 aromatic carbocycles. The molecule has 0 radical (unpaired) electrons. The quantitative estimate of drug-likeness (QED) is 0.769. The minimum atomic E-state index is 0.660. The summed E-state index contributed by atoms with van der Waals surface area (Å²) in [5.41, 5.74) is 2.65.